The molecular weight excluding hydrogens is 240 g/mol. The summed E-state index contributed by atoms with van der Waals surface area (Å²) in [6.45, 7) is 2.32. The van der Waals surface area contributed by atoms with E-state index in [1.807, 2.05) is 13.0 Å². The Hall–Kier alpha value is -1.88. The van der Waals surface area contributed by atoms with Crippen molar-refractivity contribution in [2.45, 2.75) is 13.5 Å². The van der Waals surface area contributed by atoms with Gasteiger partial charge >= 0.3 is 0 Å². The van der Waals surface area contributed by atoms with Crippen LogP contribution in [0.1, 0.15) is 11.1 Å². The normalized spacial score (nSPS) is 10.5. The molecule has 0 atom stereocenters. The Balaban J connectivity index is 2.37. The van der Waals surface area contributed by atoms with Crippen LogP contribution in [0.25, 0.3) is 0 Å². The second kappa shape index (κ2) is 4.55. The van der Waals surface area contributed by atoms with E-state index >= 15 is 0 Å². The number of anilines is 1. The highest BCUT2D eigenvalue weighted by Crippen LogP contribution is 2.09. The Morgan fingerprint density at radius 3 is 2.94 bits per heavy atom. The average molecular weight is 251 g/mol. The number of aromatic nitrogens is 3. The molecule has 0 aliphatic carbocycles. The van der Waals surface area contributed by atoms with Crippen molar-refractivity contribution in [3.05, 3.63) is 51.4 Å². The van der Waals surface area contributed by atoms with Crippen molar-refractivity contribution in [3.63, 3.8) is 0 Å². The molecule has 88 valence electrons. The van der Waals surface area contributed by atoms with E-state index in [4.69, 9.17) is 17.3 Å². The molecule has 2 rings (SSSR count). The van der Waals surface area contributed by atoms with Gasteiger partial charge in [0.1, 0.15) is 5.69 Å². The number of hydrogen-bond donors (Lipinski definition) is 1. The molecular formula is C11H11ClN4O. The van der Waals surface area contributed by atoms with E-state index in [0.29, 0.717) is 6.54 Å². The summed E-state index contributed by atoms with van der Waals surface area (Å²) in [5, 5.41) is 0.0358. The third-order valence-electron chi connectivity index (χ3n) is 2.31. The topological polar surface area (TPSA) is 73.8 Å². The average Bonchev–Trinajstić information content (AvgIpc) is 2.30. The monoisotopic (exact) mass is 250 g/mol. The summed E-state index contributed by atoms with van der Waals surface area (Å²) in [7, 11) is 0. The molecule has 0 bridgehead atoms. The lowest BCUT2D eigenvalue weighted by atomic mass is 10.2. The van der Waals surface area contributed by atoms with Gasteiger partial charge in [-0.15, -0.1) is 0 Å². The Morgan fingerprint density at radius 1 is 1.47 bits per heavy atom. The zero-order valence-electron chi connectivity index (χ0n) is 9.22. The van der Waals surface area contributed by atoms with Crippen molar-refractivity contribution in [2.24, 2.45) is 0 Å². The van der Waals surface area contributed by atoms with E-state index in [2.05, 4.69) is 9.97 Å². The fourth-order valence-corrected chi connectivity index (χ4v) is 1.62. The lowest BCUT2D eigenvalue weighted by molar-refractivity contribution is 0.736. The van der Waals surface area contributed by atoms with Crippen LogP contribution in [-0.4, -0.2) is 14.5 Å². The van der Waals surface area contributed by atoms with E-state index < -0.39 is 0 Å². The molecule has 0 aromatic carbocycles. The lowest BCUT2D eigenvalue weighted by Crippen LogP contribution is -2.24. The van der Waals surface area contributed by atoms with Gasteiger partial charge in [-0.25, -0.2) is 4.98 Å². The van der Waals surface area contributed by atoms with E-state index in [9.17, 15) is 4.79 Å². The molecule has 0 radical (unpaired) electrons. The third kappa shape index (κ3) is 2.45. The minimum absolute atomic E-state index is 0.0326. The molecule has 2 heterocycles. The molecule has 0 aliphatic heterocycles. The van der Waals surface area contributed by atoms with Gasteiger partial charge in [-0.05, 0) is 18.1 Å². The largest absolute Gasteiger partial charge is 0.392 e. The minimum Gasteiger partial charge on any atom is -0.392 e. The van der Waals surface area contributed by atoms with E-state index in [-0.39, 0.29) is 16.4 Å². The smallest absolute Gasteiger partial charge is 0.278 e. The van der Waals surface area contributed by atoms with Crippen molar-refractivity contribution in [2.75, 3.05) is 5.73 Å². The van der Waals surface area contributed by atoms with Crippen molar-refractivity contribution in [1.29, 1.82) is 0 Å². The van der Waals surface area contributed by atoms with Crippen LogP contribution < -0.4 is 11.3 Å². The van der Waals surface area contributed by atoms with Crippen molar-refractivity contribution >= 4 is 17.3 Å². The van der Waals surface area contributed by atoms with Crippen LogP contribution in [0.4, 0.5) is 5.69 Å². The van der Waals surface area contributed by atoms with Gasteiger partial charge in [-0.3, -0.25) is 14.3 Å². The van der Waals surface area contributed by atoms with Gasteiger partial charge in [0, 0.05) is 12.4 Å². The summed E-state index contributed by atoms with van der Waals surface area (Å²) in [5.74, 6) is 0. The first-order valence-electron chi connectivity index (χ1n) is 4.99. The van der Waals surface area contributed by atoms with Crippen LogP contribution in [0, 0.1) is 6.92 Å². The Labute approximate surface area is 103 Å². The van der Waals surface area contributed by atoms with Crippen LogP contribution in [0.15, 0.2) is 29.6 Å². The van der Waals surface area contributed by atoms with Gasteiger partial charge in [0.25, 0.3) is 5.56 Å². The van der Waals surface area contributed by atoms with Crippen LogP contribution >= 0.6 is 11.6 Å². The molecule has 17 heavy (non-hydrogen) atoms. The standard InChI is InChI=1S/C11H11ClN4O/c1-7-2-8(4-14-3-7)5-16-6-15-10(12)9(13)11(16)17/h2-4,6H,5,13H2,1H3. The van der Waals surface area contributed by atoms with Crippen LogP contribution in [0.5, 0.6) is 0 Å². The summed E-state index contributed by atoms with van der Waals surface area (Å²) in [6, 6.07) is 1.95. The van der Waals surface area contributed by atoms with Crippen molar-refractivity contribution < 1.29 is 0 Å². The predicted octanol–water partition coefficient (Wildman–Crippen LogP) is 1.23. The summed E-state index contributed by atoms with van der Waals surface area (Å²) in [5.41, 5.74) is 7.09. The molecule has 0 unspecified atom stereocenters. The van der Waals surface area contributed by atoms with E-state index in [1.165, 1.54) is 10.9 Å². The number of halogens is 1. The number of nitrogens with two attached hydrogens (primary N) is 1. The maximum Gasteiger partial charge on any atom is 0.278 e. The molecule has 6 heteroatoms. The molecule has 0 spiro atoms. The fraction of sp³-hybridized carbons (Fsp3) is 0.182. The highest BCUT2D eigenvalue weighted by atomic mass is 35.5. The van der Waals surface area contributed by atoms with Crippen LogP contribution in [-0.2, 0) is 6.54 Å². The zero-order valence-corrected chi connectivity index (χ0v) is 9.98. The van der Waals surface area contributed by atoms with Gasteiger partial charge in [-0.2, -0.15) is 0 Å². The molecule has 0 amide bonds. The molecule has 0 aliphatic rings. The first-order valence-corrected chi connectivity index (χ1v) is 5.36. The Kier molecular flexibility index (Phi) is 3.10. The number of rotatable bonds is 2. The highest BCUT2D eigenvalue weighted by Gasteiger charge is 2.06. The number of pyridine rings is 1. The molecule has 2 N–H and O–H groups in total. The number of hydrogen-bond acceptors (Lipinski definition) is 4. The van der Waals surface area contributed by atoms with Gasteiger partial charge in [-0.1, -0.05) is 17.7 Å². The first-order chi connectivity index (χ1) is 8.08. The summed E-state index contributed by atoms with van der Waals surface area (Å²) in [6.07, 6.45) is 4.83. The maximum atomic E-state index is 11.8. The Morgan fingerprint density at radius 2 is 2.24 bits per heavy atom. The third-order valence-corrected chi connectivity index (χ3v) is 2.61. The number of aryl methyl sites for hydroxylation is 1. The van der Waals surface area contributed by atoms with E-state index in [1.54, 1.807) is 12.4 Å². The Bertz CT molecular complexity index is 609. The fourth-order valence-electron chi connectivity index (χ4n) is 1.50. The SMILES string of the molecule is Cc1cncc(Cn2cnc(Cl)c(N)c2=O)c1. The maximum absolute atomic E-state index is 11.8. The van der Waals surface area contributed by atoms with Crippen molar-refractivity contribution in [3.8, 4) is 0 Å². The zero-order chi connectivity index (χ0) is 12.4. The lowest BCUT2D eigenvalue weighted by Gasteiger charge is -2.06. The molecule has 0 saturated heterocycles. The molecule has 5 nitrogen and oxygen atoms in total. The predicted molar refractivity (Wildman–Crippen MR) is 66.0 cm³/mol. The van der Waals surface area contributed by atoms with Crippen LogP contribution in [0.2, 0.25) is 5.15 Å². The van der Waals surface area contributed by atoms with Gasteiger partial charge in [0.05, 0.1) is 12.9 Å². The van der Waals surface area contributed by atoms with Gasteiger partial charge in [0.2, 0.25) is 0 Å². The molecule has 2 aromatic rings. The molecule has 2 aromatic heterocycles. The van der Waals surface area contributed by atoms with Crippen molar-refractivity contribution in [1.82, 2.24) is 14.5 Å². The summed E-state index contributed by atoms with van der Waals surface area (Å²) >= 11 is 5.65. The van der Waals surface area contributed by atoms with E-state index in [0.717, 1.165) is 11.1 Å². The molecule has 0 saturated carbocycles. The summed E-state index contributed by atoms with van der Waals surface area (Å²) < 4.78 is 1.40. The minimum atomic E-state index is -0.341. The summed E-state index contributed by atoms with van der Waals surface area (Å²) in [4.78, 5) is 19.7. The second-order valence-corrected chi connectivity index (χ2v) is 4.11. The first kappa shape index (κ1) is 11.6. The quantitative estimate of drug-likeness (QED) is 0.814. The number of nitrogen functional groups attached to an aromatic ring is 1. The highest BCUT2D eigenvalue weighted by molar-refractivity contribution is 6.31. The second-order valence-electron chi connectivity index (χ2n) is 3.75. The van der Waals surface area contributed by atoms with Gasteiger partial charge < -0.3 is 5.73 Å². The van der Waals surface area contributed by atoms with Gasteiger partial charge in [0.15, 0.2) is 5.15 Å². The van der Waals surface area contributed by atoms with Crippen LogP contribution in [0.3, 0.4) is 0 Å². The number of nitrogens with zero attached hydrogens (tertiary/aromatic N) is 3. The molecule has 0 fully saturated rings.